The van der Waals surface area contributed by atoms with Gasteiger partial charge in [0.05, 0.1) is 12.0 Å². The molecule has 29 heavy (non-hydrogen) atoms. The molecule has 0 aliphatic rings. The molecule has 0 aliphatic heterocycles. The van der Waals surface area contributed by atoms with Gasteiger partial charge < -0.3 is 4.74 Å². The molecule has 0 unspecified atom stereocenters. The second kappa shape index (κ2) is 12.0. The van der Waals surface area contributed by atoms with Crippen LogP contribution in [-0.2, 0) is 19.6 Å². The minimum absolute atomic E-state index is 0.177. The number of carbonyl (C=O) groups is 1. The van der Waals surface area contributed by atoms with Crippen molar-refractivity contribution in [3.63, 3.8) is 0 Å². The maximum atomic E-state index is 12.8. The first-order valence-electron chi connectivity index (χ1n) is 9.80. The number of rotatable bonds is 15. The number of nitrogens with one attached hydrogen (secondary N) is 1. The summed E-state index contributed by atoms with van der Waals surface area (Å²) in [5, 5.41) is -5.80. The van der Waals surface area contributed by atoms with Gasteiger partial charge in [0.15, 0.2) is 0 Å². The van der Waals surface area contributed by atoms with Gasteiger partial charge in [0.1, 0.15) is 0 Å². The van der Waals surface area contributed by atoms with E-state index in [0.29, 0.717) is 19.4 Å². The lowest BCUT2D eigenvalue weighted by atomic mass is 9.91. The lowest BCUT2D eigenvalue weighted by molar-refractivity contribution is -0.241. The number of carbonyl (C=O) groups excluding carboxylic acids is 1. The molecule has 0 spiro atoms. The van der Waals surface area contributed by atoms with Crippen LogP contribution in [0.25, 0.3) is 0 Å². The molecule has 0 saturated heterocycles. The minimum atomic E-state index is -6.15. The van der Waals surface area contributed by atoms with Crippen molar-refractivity contribution in [1.29, 1.82) is 0 Å². The van der Waals surface area contributed by atoms with Crippen molar-refractivity contribution >= 4 is 16.0 Å². The number of halogens is 5. The Morgan fingerprint density at radius 3 is 1.76 bits per heavy atom. The van der Waals surface area contributed by atoms with E-state index >= 15 is 0 Å². The van der Waals surface area contributed by atoms with E-state index in [0.717, 1.165) is 38.5 Å². The fourth-order valence-corrected chi connectivity index (χ4v) is 3.14. The molecule has 0 amide bonds. The Morgan fingerprint density at radius 1 is 0.862 bits per heavy atom. The van der Waals surface area contributed by atoms with Gasteiger partial charge in [-0.25, -0.2) is 13.1 Å². The third-order valence-electron chi connectivity index (χ3n) is 4.70. The molecule has 0 aromatic heterocycles. The van der Waals surface area contributed by atoms with E-state index in [1.165, 1.54) is 4.72 Å². The molecule has 0 heterocycles. The highest BCUT2D eigenvalue weighted by Crippen LogP contribution is 2.39. The number of hydrogen-bond donors (Lipinski definition) is 1. The monoisotopic (exact) mass is 453 g/mol. The number of alkyl halides is 5. The molecule has 0 fully saturated rings. The lowest BCUT2D eigenvalue weighted by Crippen LogP contribution is -2.50. The maximum absolute atomic E-state index is 12.8. The van der Waals surface area contributed by atoms with Gasteiger partial charge in [-0.2, -0.15) is 22.0 Å². The van der Waals surface area contributed by atoms with Crippen LogP contribution in [0.15, 0.2) is 0 Å². The predicted molar refractivity (Wildman–Crippen MR) is 99.9 cm³/mol. The van der Waals surface area contributed by atoms with Crippen LogP contribution in [0.4, 0.5) is 22.0 Å². The Kier molecular flexibility index (Phi) is 11.6. The summed E-state index contributed by atoms with van der Waals surface area (Å²) in [6.07, 6.45) is 0.311. The van der Waals surface area contributed by atoms with Gasteiger partial charge in [-0.05, 0) is 33.1 Å². The molecule has 0 rings (SSSR count). The Hall–Kier alpha value is -0.970. The summed E-state index contributed by atoms with van der Waals surface area (Å²) in [6.45, 7) is 5.51. The van der Waals surface area contributed by atoms with E-state index in [2.05, 4.69) is 0 Å². The van der Waals surface area contributed by atoms with Crippen molar-refractivity contribution < 1.29 is 39.9 Å². The molecule has 0 bridgehead atoms. The van der Waals surface area contributed by atoms with E-state index in [9.17, 15) is 35.2 Å². The van der Waals surface area contributed by atoms with Crippen molar-refractivity contribution in [3.05, 3.63) is 0 Å². The van der Waals surface area contributed by atoms with Crippen molar-refractivity contribution in [2.45, 2.75) is 90.0 Å². The first kappa shape index (κ1) is 28.0. The molecule has 5 nitrogen and oxygen atoms in total. The molecular weight excluding hydrogens is 421 g/mol. The zero-order valence-electron chi connectivity index (χ0n) is 17.2. The average Bonchev–Trinajstić information content (AvgIpc) is 2.61. The highest BCUT2D eigenvalue weighted by molar-refractivity contribution is 7.90. The summed E-state index contributed by atoms with van der Waals surface area (Å²) >= 11 is 0. The largest absolute Gasteiger partial charge is 0.470 e. The Morgan fingerprint density at radius 2 is 1.31 bits per heavy atom. The van der Waals surface area contributed by atoms with Crippen LogP contribution in [0.3, 0.4) is 0 Å². The number of ether oxygens (including phenoxy) is 1. The second-order valence-corrected chi connectivity index (χ2v) is 9.42. The highest BCUT2D eigenvalue weighted by atomic mass is 32.2. The van der Waals surface area contributed by atoms with Crippen molar-refractivity contribution in [3.8, 4) is 0 Å². The first-order chi connectivity index (χ1) is 13.2. The fraction of sp³-hybridized carbons (Fsp3) is 0.944. The second-order valence-electron chi connectivity index (χ2n) is 7.61. The Bertz CT molecular complexity index is 592. The predicted octanol–water partition coefficient (Wildman–Crippen LogP) is 5.16. The molecule has 0 radical (unpaired) electrons. The molecule has 0 saturated carbocycles. The number of hydrogen-bond acceptors (Lipinski definition) is 4. The molecule has 11 heteroatoms. The van der Waals surface area contributed by atoms with Gasteiger partial charge >= 0.3 is 17.4 Å². The van der Waals surface area contributed by atoms with Gasteiger partial charge in [0.25, 0.3) is 10.0 Å². The normalized spacial score (nSPS) is 13.5. The first-order valence-corrected chi connectivity index (χ1v) is 11.3. The van der Waals surface area contributed by atoms with Crippen molar-refractivity contribution in [1.82, 2.24) is 4.72 Å². The zero-order valence-corrected chi connectivity index (χ0v) is 18.0. The Labute approximate surface area is 169 Å². The van der Waals surface area contributed by atoms with Crippen LogP contribution in [0.5, 0.6) is 0 Å². The zero-order chi connectivity index (χ0) is 22.8. The van der Waals surface area contributed by atoms with E-state index < -0.39 is 33.4 Å². The van der Waals surface area contributed by atoms with Crippen LogP contribution < -0.4 is 4.72 Å². The average molecular weight is 454 g/mol. The van der Waals surface area contributed by atoms with Crippen molar-refractivity contribution in [2.24, 2.45) is 5.41 Å². The Balaban J connectivity index is 3.72. The highest BCUT2D eigenvalue weighted by Gasteiger charge is 2.67. The van der Waals surface area contributed by atoms with E-state index in [4.69, 9.17) is 4.74 Å². The van der Waals surface area contributed by atoms with E-state index in [1.807, 2.05) is 20.8 Å². The van der Waals surface area contributed by atoms with Gasteiger partial charge in [0, 0.05) is 6.54 Å². The SMILES string of the molecule is CCC(C)(C)C(=O)OCCCCCCCCCCNS(=O)(=O)C(F)(F)C(F)(F)F. The van der Waals surface area contributed by atoms with Crippen LogP contribution in [0, 0.1) is 5.41 Å². The number of esters is 1. The fourth-order valence-electron chi connectivity index (χ4n) is 2.24. The molecule has 0 aromatic carbocycles. The molecule has 1 N–H and O–H groups in total. The maximum Gasteiger partial charge on any atom is 0.470 e. The summed E-state index contributed by atoms with van der Waals surface area (Å²) in [5.41, 5.74) is -0.475. The van der Waals surface area contributed by atoms with Crippen LogP contribution in [-0.4, -0.2) is 39.0 Å². The summed E-state index contributed by atoms with van der Waals surface area (Å²) in [4.78, 5) is 11.8. The third-order valence-corrected chi connectivity index (χ3v) is 6.19. The standard InChI is InChI=1S/C18H32F5NO4S/c1-4-16(2,3)15(25)28-14-12-10-8-6-5-7-9-11-13-24-29(26,27)18(22,23)17(19,20)21/h24H,4-14H2,1-3H3. The van der Waals surface area contributed by atoms with Gasteiger partial charge in [0.2, 0.25) is 0 Å². The number of unbranched alkanes of at least 4 members (excludes halogenated alkanes) is 7. The van der Waals surface area contributed by atoms with Crippen LogP contribution in [0.2, 0.25) is 0 Å². The van der Waals surface area contributed by atoms with Gasteiger partial charge in [-0.15, -0.1) is 0 Å². The third kappa shape index (κ3) is 9.59. The van der Waals surface area contributed by atoms with E-state index in [-0.39, 0.29) is 12.4 Å². The van der Waals surface area contributed by atoms with Gasteiger partial charge in [-0.3, -0.25) is 4.79 Å². The molecule has 174 valence electrons. The summed E-state index contributed by atoms with van der Waals surface area (Å²) < 4.78 is 90.5. The topological polar surface area (TPSA) is 72.5 Å². The quantitative estimate of drug-likeness (QED) is 0.211. The van der Waals surface area contributed by atoms with Crippen LogP contribution in [0.1, 0.15) is 78.6 Å². The lowest BCUT2D eigenvalue weighted by Gasteiger charge is -2.20. The molecule has 0 aliphatic carbocycles. The number of sulfonamides is 1. The smallest absolute Gasteiger partial charge is 0.465 e. The summed E-state index contributed by atoms with van der Waals surface area (Å²) in [5.74, 6) is -0.205. The molecule has 0 atom stereocenters. The molecule has 0 aromatic rings. The summed E-state index contributed by atoms with van der Waals surface area (Å²) in [6, 6.07) is 0. The summed E-state index contributed by atoms with van der Waals surface area (Å²) in [7, 11) is -5.79. The molecular formula is C18H32F5NO4S. The minimum Gasteiger partial charge on any atom is -0.465 e. The van der Waals surface area contributed by atoms with Gasteiger partial charge in [-0.1, -0.05) is 45.4 Å². The van der Waals surface area contributed by atoms with Crippen LogP contribution >= 0.6 is 0 Å². The van der Waals surface area contributed by atoms with E-state index in [1.54, 1.807) is 0 Å². The van der Waals surface area contributed by atoms with Crippen molar-refractivity contribution in [2.75, 3.05) is 13.2 Å².